The highest BCUT2D eigenvalue weighted by Gasteiger charge is 2.30. The Morgan fingerprint density at radius 2 is 0.426 bits per heavy atom. The van der Waals surface area contributed by atoms with Gasteiger partial charge in [0.1, 0.15) is 19.3 Å². The number of rotatable bonds is 89. The Hall–Kier alpha value is -1.94. The van der Waals surface area contributed by atoms with Crippen LogP contribution in [0.15, 0.2) is 0 Å². The topological polar surface area (TPSA) is 237 Å². The summed E-state index contributed by atoms with van der Waals surface area (Å²) in [4.78, 5) is 73.4. The minimum absolute atomic E-state index is 0.109. The van der Waals surface area contributed by atoms with Crippen molar-refractivity contribution in [3.63, 3.8) is 0 Å². The first-order valence-corrected chi connectivity index (χ1v) is 49.1. The second kappa shape index (κ2) is 81.6. The molecule has 17 nitrogen and oxygen atoms in total. The molecule has 0 amide bonds. The molecule has 642 valence electrons. The SMILES string of the molecule is CCCCCCCCCCCCCCCCCCCCCCCCC(=O)O[C@H](COC(=O)CCCCCCCCCCCCCCCCC(C)C)COP(=O)(O)OC[C@@H](O)COP(=O)(O)OC[C@@H](COC(=O)CCCCCCCCCCCCCC)OC(=O)CCCCCCCCCCCCCCCCCCC. The average Bonchev–Trinajstić information content (AvgIpc) is 0.898. The Balaban J connectivity index is 5.24. The second-order valence-corrected chi connectivity index (χ2v) is 35.4. The molecular formula is C89H174O17P2. The fourth-order valence-electron chi connectivity index (χ4n) is 14.0. The third kappa shape index (κ3) is 82.1. The number of unbranched alkanes of at least 4 members (excludes halogenated alkanes) is 61. The lowest BCUT2D eigenvalue weighted by Crippen LogP contribution is -2.30. The van der Waals surface area contributed by atoms with Gasteiger partial charge in [-0.3, -0.25) is 37.3 Å². The fraction of sp³-hybridized carbons (Fsp3) is 0.955. The zero-order chi connectivity index (χ0) is 79.0. The molecule has 0 aliphatic rings. The van der Waals surface area contributed by atoms with Gasteiger partial charge in [-0.25, -0.2) is 9.13 Å². The van der Waals surface area contributed by atoms with Crippen LogP contribution in [0.25, 0.3) is 0 Å². The Morgan fingerprint density at radius 3 is 0.630 bits per heavy atom. The monoisotopic (exact) mass is 1580 g/mol. The van der Waals surface area contributed by atoms with Crippen LogP contribution in [0.2, 0.25) is 0 Å². The van der Waals surface area contributed by atoms with Crippen molar-refractivity contribution in [2.45, 2.75) is 502 Å². The van der Waals surface area contributed by atoms with E-state index in [0.717, 1.165) is 95.8 Å². The third-order valence-corrected chi connectivity index (χ3v) is 22.9. The lowest BCUT2D eigenvalue weighted by molar-refractivity contribution is -0.161. The Kier molecular flexibility index (Phi) is 80.2. The quantitative estimate of drug-likeness (QED) is 0.0222. The van der Waals surface area contributed by atoms with Gasteiger partial charge in [0, 0.05) is 25.7 Å². The largest absolute Gasteiger partial charge is 0.472 e. The van der Waals surface area contributed by atoms with Gasteiger partial charge in [-0.2, -0.15) is 0 Å². The number of phosphoric ester groups is 2. The summed E-state index contributed by atoms with van der Waals surface area (Å²) >= 11 is 0. The first kappa shape index (κ1) is 106. The summed E-state index contributed by atoms with van der Waals surface area (Å²) in [5.41, 5.74) is 0. The second-order valence-electron chi connectivity index (χ2n) is 32.5. The fourth-order valence-corrected chi connectivity index (χ4v) is 15.6. The molecule has 2 unspecified atom stereocenters. The molecule has 0 aliphatic heterocycles. The van der Waals surface area contributed by atoms with Crippen molar-refractivity contribution >= 4 is 39.5 Å². The molecule has 0 aromatic carbocycles. The normalized spacial score (nSPS) is 13.7. The predicted octanol–water partition coefficient (Wildman–Crippen LogP) is 27.5. The van der Waals surface area contributed by atoms with Crippen molar-refractivity contribution in [1.82, 2.24) is 0 Å². The van der Waals surface area contributed by atoms with Crippen LogP contribution in [-0.4, -0.2) is 96.7 Å². The van der Waals surface area contributed by atoms with Crippen LogP contribution >= 0.6 is 15.6 Å². The van der Waals surface area contributed by atoms with Gasteiger partial charge in [0.25, 0.3) is 0 Å². The summed E-state index contributed by atoms with van der Waals surface area (Å²) < 4.78 is 69.0. The summed E-state index contributed by atoms with van der Waals surface area (Å²) in [6.45, 7) is 7.41. The van der Waals surface area contributed by atoms with E-state index in [1.165, 1.54) is 308 Å². The van der Waals surface area contributed by atoms with Crippen molar-refractivity contribution in [2.75, 3.05) is 39.6 Å². The van der Waals surface area contributed by atoms with E-state index >= 15 is 0 Å². The maximum atomic E-state index is 13.2. The van der Waals surface area contributed by atoms with Crippen LogP contribution in [0.5, 0.6) is 0 Å². The van der Waals surface area contributed by atoms with Crippen LogP contribution in [0.1, 0.15) is 484 Å². The Morgan fingerprint density at radius 1 is 0.250 bits per heavy atom. The third-order valence-electron chi connectivity index (χ3n) is 21.0. The Labute approximate surface area is 664 Å². The predicted molar refractivity (Wildman–Crippen MR) is 446 cm³/mol. The molecule has 0 saturated carbocycles. The van der Waals surface area contributed by atoms with Crippen LogP contribution in [0, 0.1) is 5.92 Å². The lowest BCUT2D eigenvalue weighted by atomic mass is 10.0. The van der Waals surface area contributed by atoms with Crippen molar-refractivity contribution < 1.29 is 80.2 Å². The number of aliphatic hydroxyl groups excluding tert-OH is 1. The first-order valence-electron chi connectivity index (χ1n) is 46.1. The molecule has 0 rings (SSSR count). The van der Waals surface area contributed by atoms with E-state index in [1.54, 1.807) is 0 Å². The van der Waals surface area contributed by atoms with E-state index in [2.05, 4.69) is 34.6 Å². The zero-order valence-corrected chi connectivity index (χ0v) is 72.8. The smallest absolute Gasteiger partial charge is 0.462 e. The number of carbonyl (C=O) groups excluding carboxylic acids is 4. The van der Waals surface area contributed by atoms with Crippen molar-refractivity contribution in [1.29, 1.82) is 0 Å². The van der Waals surface area contributed by atoms with Gasteiger partial charge in [-0.1, -0.05) is 433 Å². The molecule has 0 bridgehead atoms. The first-order chi connectivity index (χ1) is 52.5. The molecule has 0 heterocycles. The minimum Gasteiger partial charge on any atom is -0.462 e. The summed E-state index contributed by atoms with van der Waals surface area (Å²) in [6, 6.07) is 0. The molecule has 0 aromatic heterocycles. The molecule has 19 heteroatoms. The van der Waals surface area contributed by atoms with E-state index in [1.807, 2.05) is 0 Å². The minimum atomic E-state index is -4.97. The van der Waals surface area contributed by atoms with Crippen LogP contribution < -0.4 is 0 Å². The van der Waals surface area contributed by atoms with Crippen LogP contribution in [-0.2, 0) is 65.4 Å². The number of carbonyl (C=O) groups is 4. The summed E-state index contributed by atoms with van der Waals surface area (Å²) in [6.07, 6.45) is 76.4. The molecule has 0 saturated heterocycles. The summed E-state index contributed by atoms with van der Waals surface area (Å²) in [5, 5.41) is 10.7. The van der Waals surface area contributed by atoms with Crippen LogP contribution in [0.4, 0.5) is 0 Å². The van der Waals surface area contributed by atoms with E-state index in [4.69, 9.17) is 37.0 Å². The zero-order valence-electron chi connectivity index (χ0n) is 71.0. The van der Waals surface area contributed by atoms with Gasteiger partial charge >= 0.3 is 39.5 Å². The molecule has 0 aromatic rings. The van der Waals surface area contributed by atoms with Crippen molar-refractivity contribution in [3.8, 4) is 0 Å². The molecule has 3 N–H and O–H groups in total. The summed E-state index contributed by atoms with van der Waals surface area (Å²) in [5.74, 6) is -1.30. The van der Waals surface area contributed by atoms with Crippen molar-refractivity contribution in [3.05, 3.63) is 0 Å². The average molecular weight is 1580 g/mol. The summed E-state index contributed by atoms with van der Waals surface area (Å²) in [7, 11) is -9.93. The lowest BCUT2D eigenvalue weighted by Gasteiger charge is -2.21. The van der Waals surface area contributed by atoms with Gasteiger partial charge in [0.15, 0.2) is 12.2 Å². The van der Waals surface area contributed by atoms with E-state index in [9.17, 15) is 43.2 Å². The van der Waals surface area contributed by atoms with Crippen LogP contribution in [0.3, 0.4) is 0 Å². The molecule has 0 fully saturated rings. The van der Waals surface area contributed by atoms with Gasteiger partial charge in [0.05, 0.1) is 26.4 Å². The van der Waals surface area contributed by atoms with Gasteiger partial charge < -0.3 is 33.8 Å². The highest BCUT2D eigenvalue weighted by molar-refractivity contribution is 7.47. The molecular weight excluding hydrogens is 1400 g/mol. The number of phosphoric acid groups is 2. The molecule has 5 atom stereocenters. The number of ether oxygens (including phenoxy) is 4. The molecule has 0 radical (unpaired) electrons. The molecule has 0 spiro atoms. The molecule has 108 heavy (non-hydrogen) atoms. The van der Waals surface area contributed by atoms with E-state index < -0.39 is 97.5 Å². The van der Waals surface area contributed by atoms with Gasteiger partial charge in [-0.15, -0.1) is 0 Å². The van der Waals surface area contributed by atoms with Gasteiger partial charge in [-0.05, 0) is 31.6 Å². The number of esters is 4. The van der Waals surface area contributed by atoms with E-state index in [-0.39, 0.29) is 25.7 Å². The standard InChI is InChI=1S/C89H174O17P2/c1-6-9-12-15-18-21-24-27-29-31-32-33-34-35-37-39-45-50-55-60-65-70-75-89(94)106-85(79-100-87(92)73-68-63-58-53-48-43-41-40-42-46-51-56-61-66-71-82(4)5)81-104-108(97,98)102-77-83(90)76-101-107(95,96)103-80-84(78-99-86(91)72-67-62-57-52-47-26-23-20-17-14-11-8-3)105-88(93)74-69-64-59-54-49-44-38-36-30-28-25-22-19-16-13-10-7-2/h82-85,90H,6-81H2,1-5H3,(H,95,96)(H,97,98)/t83-,84+,85+/m0/s1. The highest BCUT2D eigenvalue weighted by Crippen LogP contribution is 2.45. The maximum absolute atomic E-state index is 13.2. The maximum Gasteiger partial charge on any atom is 0.472 e. The van der Waals surface area contributed by atoms with Gasteiger partial charge in [0.2, 0.25) is 0 Å². The molecule has 0 aliphatic carbocycles. The number of hydrogen-bond donors (Lipinski definition) is 3. The van der Waals surface area contributed by atoms with Crippen molar-refractivity contribution in [2.24, 2.45) is 5.92 Å². The Bertz CT molecular complexity index is 2050. The highest BCUT2D eigenvalue weighted by atomic mass is 31.2. The number of aliphatic hydroxyl groups is 1. The van der Waals surface area contributed by atoms with E-state index in [0.29, 0.717) is 25.7 Å². The number of hydrogen-bond acceptors (Lipinski definition) is 15.